The lowest BCUT2D eigenvalue weighted by Crippen LogP contribution is -2.02. The van der Waals surface area contributed by atoms with Gasteiger partial charge in [0.05, 0.1) is 7.11 Å². The summed E-state index contributed by atoms with van der Waals surface area (Å²) in [6, 6.07) is 16.2. The van der Waals surface area contributed by atoms with E-state index in [-0.39, 0.29) is 17.5 Å². The van der Waals surface area contributed by atoms with Gasteiger partial charge in [0.1, 0.15) is 16.9 Å². The number of aliphatic imine (C=N–C) groups is 1. The maximum Gasteiger partial charge on any atom is 0.349 e. The van der Waals surface area contributed by atoms with Crippen LogP contribution in [0.5, 0.6) is 5.75 Å². The fourth-order valence-corrected chi connectivity index (χ4v) is 2.41. The Balaban J connectivity index is 1.62. The van der Waals surface area contributed by atoms with Gasteiger partial charge in [-0.1, -0.05) is 23.3 Å². The number of methoxy groups -OCH3 is 1. The molecule has 0 bridgehead atoms. The van der Waals surface area contributed by atoms with Crippen LogP contribution in [0.2, 0.25) is 0 Å². The number of nitrogens with zero attached hydrogens (tertiary/aromatic N) is 3. The maximum atomic E-state index is 12.1. The fourth-order valence-electron chi connectivity index (χ4n) is 2.41. The molecule has 4 aromatic rings. The van der Waals surface area contributed by atoms with E-state index in [9.17, 15) is 4.79 Å². The van der Waals surface area contributed by atoms with Crippen LogP contribution in [0.25, 0.3) is 22.4 Å². The first-order valence-corrected chi connectivity index (χ1v) is 7.78. The highest BCUT2D eigenvalue weighted by Crippen LogP contribution is 2.22. The van der Waals surface area contributed by atoms with E-state index in [1.165, 1.54) is 0 Å². The zero-order chi connectivity index (χ0) is 17.9. The standard InChI is InChI=1S/C19H13N3O4/c1-24-14-8-6-12(7-9-14)11-20-19-22-21-17(26-19)15-10-13-4-2-3-5-16(13)25-18(15)23/h2-11H,1H3. The van der Waals surface area contributed by atoms with Crippen LogP contribution in [0.4, 0.5) is 6.01 Å². The van der Waals surface area contributed by atoms with Crippen LogP contribution in [-0.2, 0) is 0 Å². The Labute approximate surface area is 147 Å². The number of ether oxygens (including phenoxy) is 1. The van der Waals surface area contributed by atoms with Gasteiger partial charge in [-0.2, -0.15) is 0 Å². The van der Waals surface area contributed by atoms with Crippen molar-refractivity contribution in [3.63, 3.8) is 0 Å². The summed E-state index contributed by atoms with van der Waals surface area (Å²) < 4.78 is 15.8. The molecule has 7 heteroatoms. The predicted molar refractivity (Wildman–Crippen MR) is 96.0 cm³/mol. The molecular formula is C19H13N3O4. The van der Waals surface area contributed by atoms with Crippen LogP contribution in [0.15, 0.2) is 73.2 Å². The summed E-state index contributed by atoms with van der Waals surface area (Å²) in [7, 11) is 1.60. The van der Waals surface area contributed by atoms with Crippen LogP contribution in [0.3, 0.4) is 0 Å². The van der Waals surface area contributed by atoms with E-state index < -0.39 is 5.63 Å². The lowest BCUT2D eigenvalue weighted by molar-refractivity contribution is 0.415. The minimum absolute atomic E-state index is 0.0448. The summed E-state index contributed by atoms with van der Waals surface area (Å²) >= 11 is 0. The molecule has 0 aliphatic carbocycles. The highest BCUT2D eigenvalue weighted by Gasteiger charge is 2.14. The van der Waals surface area contributed by atoms with E-state index >= 15 is 0 Å². The fraction of sp³-hybridized carbons (Fsp3) is 0.0526. The number of benzene rings is 2. The van der Waals surface area contributed by atoms with Crippen LogP contribution in [0.1, 0.15) is 5.56 Å². The molecule has 0 amide bonds. The average molecular weight is 347 g/mol. The molecule has 2 aromatic heterocycles. The molecule has 4 rings (SSSR count). The van der Waals surface area contributed by atoms with E-state index in [4.69, 9.17) is 13.6 Å². The van der Waals surface area contributed by atoms with Crippen molar-refractivity contribution in [2.24, 2.45) is 4.99 Å². The molecule has 26 heavy (non-hydrogen) atoms. The number of aromatic nitrogens is 2. The molecule has 0 N–H and O–H groups in total. The second kappa shape index (κ2) is 6.64. The Morgan fingerprint density at radius 1 is 1.04 bits per heavy atom. The van der Waals surface area contributed by atoms with Crippen molar-refractivity contribution >= 4 is 23.2 Å². The van der Waals surface area contributed by atoms with Crippen LogP contribution in [-0.4, -0.2) is 23.5 Å². The van der Waals surface area contributed by atoms with Crippen molar-refractivity contribution in [2.45, 2.75) is 0 Å². The van der Waals surface area contributed by atoms with Crippen LogP contribution in [0, 0.1) is 0 Å². The van der Waals surface area contributed by atoms with E-state index in [0.29, 0.717) is 5.58 Å². The minimum Gasteiger partial charge on any atom is -0.497 e. The summed E-state index contributed by atoms with van der Waals surface area (Å²) in [5.41, 5.74) is 0.995. The Morgan fingerprint density at radius 3 is 2.65 bits per heavy atom. The number of hydrogen-bond donors (Lipinski definition) is 0. The number of fused-ring (bicyclic) bond motifs is 1. The smallest absolute Gasteiger partial charge is 0.349 e. The third-order valence-electron chi connectivity index (χ3n) is 3.73. The van der Waals surface area contributed by atoms with E-state index in [1.54, 1.807) is 31.5 Å². The normalized spacial score (nSPS) is 11.3. The highest BCUT2D eigenvalue weighted by atomic mass is 16.5. The zero-order valence-corrected chi connectivity index (χ0v) is 13.7. The zero-order valence-electron chi connectivity index (χ0n) is 13.7. The molecule has 0 radical (unpaired) electrons. The first-order chi connectivity index (χ1) is 12.7. The monoisotopic (exact) mass is 347 g/mol. The van der Waals surface area contributed by atoms with Crippen molar-refractivity contribution < 1.29 is 13.6 Å². The van der Waals surface area contributed by atoms with Gasteiger partial charge in [0.25, 0.3) is 5.89 Å². The van der Waals surface area contributed by atoms with Crippen molar-refractivity contribution in [2.75, 3.05) is 7.11 Å². The molecule has 0 fully saturated rings. The molecule has 2 heterocycles. The number of rotatable bonds is 4. The molecule has 7 nitrogen and oxygen atoms in total. The second-order valence-corrected chi connectivity index (χ2v) is 5.41. The van der Waals surface area contributed by atoms with Crippen molar-refractivity contribution in [1.82, 2.24) is 10.2 Å². The molecule has 0 unspecified atom stereocenters. The molecule has 2 aromatic carbocycles. The summed E-state index contributed by atoms with van der Waals surface area (Å²) in [5.74, 6) is 0.816. The van der Waals surface area contributed by atoms with Gasteiger partial charge in [-0.05, 0) is 42.0 Å². The Hall–Kier alpha value is -3.74. The quantitative estimate of drug-likeness (QED) is 0.414. The molecule has 128 valence electrons. The molecule has 0 saturated heterocycles. The van der Waals surface area contributed by atoms with Gasteiger partial charge in [0, 0.05) is 11.6 Å². The molecule has 0 aliphatic heterocycles. The molecule has 0 atom stereocenters. The predicted octanol–water partition coefficient (Wildman–Crippen LogP) is 3.60. The first-order valence-electron chi connectivity index (χ1n) is 7.78. The van der Waals surface area contributed by atoms with Gasteiger partial charge in [0.15, 0.2) is 0 Å². The van der Waals surface area contributed by atoms with Gasteiger partial charge in [-0.15, -0.1) is 5.10 Å². The third kappa shape index (κ3) is 3.10. The maximum absolute atomic E-state index is 12.1. The van der Waals surface area contributed by atoms with Gasteiger partial charge in [0.2, 0.25) is 0 Å². The summed E-state index contributed by atoms with van der Waals surface area (Å²) in [6.45, 7) is 0. The molecule has 0 saturated carbocycles. The average Bonchev–Trinajstić information content (AvgIpc) is 3.15. The molecule has 0 aliphatic rings. The summed E-state index contributed by atoms with van der Waals surface area (Å²) in [5, 5.41) is 8.49. The van der Waals surface area contributed by atoms with Gasteiger partial charge < -0.3 is 13.6 Å². The van der Waals surface area contributed by atoms with Gasteiger partial charge in [-0.25, -0.2) is 9.79 Å². The SMILES string of the molecule is COc1ccc(C=Nc2nnc(-c3cc4ccccc4oc3=O)o2)cc1. The van der Waals surface area contributed by atoms with Crippen LogP contribution < -0.4 is 10.4 Å². The summed E-state index contributed by atoms with van der Waals surface area (Å²) in [6.07, 6.45) is 1.58. The van der Waals surface area contributed by atoms with E-state index in [2.05, 4.69) is 15.2 Å². The minimum atomic E-state index is -0.543. The van der Waals surface area contributed by atoms with E-state index in [0.717, 1.165) is 16.7 Å². The van der Waals surface area contributed by atoms with Gasteiger partial charge in [-0.3, -0.25) is 0 Å². The topological polar surface area (TPSA) is 90.7 Å². The largest absolute Gasteiger partial charge is 0.497 e. The lowest BCUT2D eigenvalue weighted by atomic mass is 10.2. The summed E-state index contributed by atoms with van der Waals surface area (Å²) in [4.78, 5) is 16.3. The van der Waals surface area contributed by atoms with E-state index in [1.807, 2.05) is 36.4 Å². The Bertz CT molecular complexity index is 1140. The van der Waals surface area contributed by atoms with Gasteiger partial charge >= 0.3 is 11.6 Å². The third-order valence-corrected chi connectivity index (χ3v) is 3.73. The lowest BCUT2D eigenvalue weighted by Gasteiger charge is -1.98. The highest BCUT2D eigenvalue weighted by molar-refractivity contribution is 5.81. The molecular weight excluding hydrogens is 334 g/mol. The van der Waals surface area contributed by atoms with Crippen molar-refractivity contribution in [3.8, 4) is 17.2 Å². The first kappa shape index (κ1) is 15.8. The van der Waals surface area contributed by atoms with Crippen LogP contribution >= 0.6 is 0 Å². The Kier molecular flexibility index (Phi) is 4.03. The van der Waals surface area contributed by atoms with Crippen molar-refractivity contribution in [3.05, 3.63) is 70.6 Å². The second-order valence-electron chi connectivity index (χ2n) is 5.41. The number of hydrogen-bond acceptors (Lipinski definition) is 7. The Morgan fingerprint density at radius 2 is 1.85 bits per heavy atom. The number of para-hydroxylation sites is 1. The van der Waals surface area contributed by atoms with Crippen molar-refractivity contribution in [1.29, 1.82) is 0 Å². The molecule has 0 spiro atoms.